The zero-order valence-corrected chi connectivity index (χ0v) is 18.4. The van der Waals surface area contributed by atoms with Gasteiger partial charge in [-0.2, -0.15) is 0 Å². The van der Waals surface area contributed by atoms with Gasteiger partial charge in [0.05, 0.1) is 22.1 Å². The molecule has 5 rings (SSSR count). The number of carbonyl (C=O) groups is 1. The van der Waals surface area contributed by atoms with Gasteiger partial charge < -0.3 is 15.0 Å². The minimum atomic E-state index is -0.422. The molecule has 0 bridgehead atoms. The van der Waals surface area contributed by atoms with Crippen molar-refractivity contribution in [2.75, 3.05) is 11.9 Å². The molecule has 0 aliphatic carbocycles. The summed E-state index contributed by atoms with van der Waals surface area (Å²) >= 11 is 2.66. The molecule has 8 nitrogen and oxygen atoms in total. The van der Waals surface area contributed by atoms with E-state index in [4.69, 9.17) is 4.74 Å². The van der Waals surface area contributed by atoms with E-state index < -0.39 is 5.25 Å². The number of aromatic amines is 1. The Balaban J connectivity index is 1.31. The third-order valence-corrected chi connectivity index (χ3v) is 6.54. The topological polar surface area (TPSA) is 106 Å². The first kappa shape index (κ1) is 19.7. The predicted octanol–water partition coefficient (Wildman–Crippen LogP) is 4.63. The van der Waals surface area contributed by atoms with Crippen molar-refractivity contribution >= 4 is 66.4 Å². The molecule has 31 heavy (non-hydrogen) atoms. The van der Waals surface area contributed by atoms with E-state index in [-0.39, 0.29) is 5.91 Å². The van der Waals surface area contributed by atoms with Gasteiger partial charge in [-0.3, -0.25) is 4.79 Å². The molecule has 0 fully saturated rings. The van der Waals surface area contributed by atoms with Gasteiger partial charge in [-0.15, -0.1) is 10.2 Å². The molecule has 10 heteroatoms. The Kier molecular flexibility index (Phi) is 5.16. The largest absolute Gasteiger partial charge is 0.494 e. The van der Waals surface area contributed by atoms with E-state index >= 15 is 0 Å². The van der Waals surface area contributed by atoms with Crippen LogP contribution in [0.25, 0.3) is 32.3 Å². The van der Waals surface area contributed by atoms with Crippen LogP contribution in [0.15, 0.2) is 47.6 Å². The van der Waals surface area contributed by atoms with Gasteiger partial charge in [0, 0.05) is 10.9 Å². The number of rotatable bonds is 6. The van der Waals surface area contributed by atoms with Crippen LogP contribution in [0.4, 0.5) is 5.13 Å². The molecule has 156 valence electrons. The molecule has 1 amide bonds. The standard InChI is InChI=1S/C21H18N6O2S2/c1-3-29-12-8-9-15-16(10-12)31-20(23-15)25-19(28)11(2)30-21-24-18-17(26-27-21)13-6-4-5-7-14(13)22-18/h4-11H,3H2,1-2H3,(H,22,24,27)(H,23,25,28). The Hall–Kier alpha value is -3.24. The first-order valence-corrected chi connectivity index (χ1v) is 11.4. The first-order valence-electron chi connectivity index (χ1n) is 9.73. The van der Waals surface area contributed by atoms with Crippen LogP contribution in [0.2, 0.25) is 0 Å². The highest BCUT2D eigenvalue weighted by Gasteiger charge is 2.19. The van der Waals surface area contributed by atoms with Crippen molar-refractivity contribution in [1.82, 2.24) is 25.1 Å². The van der Waals surface area contributed by atoms with E-state index in [1.165, 1.54) is 23.1 Å². The Morgan fingerprint density at radius 2 is 2.10 bits per heavy atom. The van der Waals surface area contributed by atoms with Gasteiger partial charge in [0.1, 0.15) is 11.3 Å². The van der Waals surface area contributed by atoms with Crippen molar-refractivity contribution in [2.24, 2.45) is 0 Å². The summed E-state index contributed by atoms with van der Waals surface area (Å²) in [6.07, 6.45) is 0. The molecule has 5 aromatic rings. The van der Waals surface area contributed by atoms with Crippen LogP contribution in [0.1, 0.15) is 13.8 Å². The SMILES string of the molecule is CCOc1ccc2nc(NC(=O)C(C)Sc3nnc4c(n3)[nH]c3ccccc34)sc2c1. The summed E-state index contributed by atoms with van der Waals surface area (Å²) in [4.78, 5) is 24.9. The van der Waals surface area contributed by atoms with Crippen molar-refractivity contribution in [3.8, 4) is 5.75 Å². The number of anilines is 1. The Bertz CT molecular complexity index is 1410. The van der Waals surface area contributed by atoms with Crippen LogP contribution in [-0.4, -0.2) is 42.9 Å². The number of nitrogens with one attached hydrogen (secondary N) is 2. The second-order valence-corrected chi connectivity index (χ2v) is 9.13. The molecule has 0 aliphatic rings. The van der Waals surface area contributed by atoms with Gasteiger partial charge in [0.15, 0.2) is 10.8 Å². The lowest BCUT2D eigenvalue weighted by atomic mass is 10.2. The minimum absolute atomic E-state index is 0.172. The third-order valence-electron chi connectivity index (χ3n) is 4.66. The number of amides is 1. The maximum absolute atomic E-state index is 12.7. The lowest BCUT2D eigenvalue weighted by Crippen LogP contribution is -2.22. The molecular formula is C21H18N6O2S2. The number of aromatic nitrogens is 5. The molecule has 0 saturated carbocycles. The van der Waals surface area contributed by atoms with Crippen LogP contribution >= 0.6 is 23.1 Å². The monoisotopic (exact) mass is 450 g/mol. The molecule has 3 heterocycles. The Morgan fingerprint density at radius 1 is 1.23 bits per heavy atom. The van der Waals surface area contributed by atoms with Gasteiger partial charge in [-0.25, -0.2) is 9.97 Å². The number of hydrogen-bond acceptors (Lipinski definition) is 8. The van der Waals surface area contributed by atoms with Crippen molar-refractivity contribution < 1.29 is 9.53 Å². The van der Waals surface area contributed by atoms with Crippen LogP contribution < -0.4 is 10.1 Å². The normalized spacial score (nSPS) is 12.5. The van der Waals surface area contributed by atoms with Crippen LogP contribution in [0, 0.1) is 0 Å². The van der Waals surface area contributed by atoms with E-state index in [1.807, 2.05) is 49.4 Å². The Morgan fingerprint density at radius 3 is 2.97 bits per heavy atom. The van der Waals surface area contributed by atoms with Crippen LogP contribution in [0.3, 0.4) is 0 Å². The second kappa shape index (κ2) is 8.12. The maximum atomic E-state index is 12.7. The minimum Gasteiger partial charge on any atom is -0.494 e. The highest BCUT2D eigenvalue weighted by atomic mass is 32.2. The molecular weight excluding hydrogens is 432 g/mol. The number of H-pyrrole nitrogens is 1. The summed E-state index contributed by atoms with van der Waals surface area (Å²) < 4.78 is 6.48. The molecule has 0 aliphatic heterocycles. The number of carbonyl (C=O) groups excluding carboxylic acids is 1. The fraction of sp³-hybridized carbons (Fsp3) is 0.190. The van der Waals surface area contributed by atoms with Crippen molar-refractivity contribution in [3.05, 3.63) is 42.5 Å². The van der Waals surface area contributed by atoms with E-state index in [0.29, 0.717) is 22.5 Å². The molecule has 1 atom stereocenters. The molecule has 2 N–H and O–H groups in total. The molecule has 2 aromatic carbocycles. The first-order chi connectivity index (χ1) is 15.1. The van der Waals surface area contributed by atoms with Crippen LogP contribution in [-0.2, 0) is 4.79 Å². The highest BCUT2D eigenvalue weighted by molar-refractivity contribution is 8.00. The van der Waals surface area contributed by atoms with E-state index in [9.17, 15) is 4.79 Å². The fourth-order valence-electron chi connectivity index (χ4n) is 3.19. The van der Waals surface area contributed by atoms with Gasteiger partial charge in [0.25, 0.3) is 0 Å². The summed E-state index contributed by atoms with van der Waals surface area (Å²) in [5.41, 5.74) is 3.15. The van der Waals surface area contributed by atoms with Gasteiger partial charge in [-0.1, -0.05) is 41.3 Å². The van der Waals surface area contributed by atoms with Crippen LogP contribution in [0.5, 0.6) is 5.75 Å². The summed E-state index contributed by atoms with van der Waals surface area (Å²) in [7, 11) is 0. The summed E-state index contributed by atoms with van der Waals surface area (Å²) in [6.45, 7) is 4.35. The number of nitrogens with zero attached hydrogens (tertiary/aromatic N) is 4. The van der Waals surface area contributed by atoms with Gasteiger partial charge in [0.2, 0.25) is 11.1 Å². The summed E-state index contributed by atoms with van der Waals surface area (Å²) in [5, 5.41) is 12.9. The lowest BCUT2D eigenvalue weighted by Gasteiger charge is -2.08. The molecule has 3 aromatic heterocycles. The zero-order valence-electron chi connectivity index (χ0n) is 16.7. The van der Waals surface area contributed by atoms with Crippen molar-refractivity contribution in [3.63, 3.8) is 0 Å². The number of fused-ring (bicyclic) bond motifs is 4. The molecule has 0 spiro atoms. The maximum Gasteiger partial charge on any atom is 0.239 e. The average Bonchev–Trinajstić information content (AvgIpc) is 3.33. The number of thiazole rings is 1. The molecule has 0 saturated heterocycles. The van der Waals surface area contributed by atoms with Gasteiger partial charge >= 0.3 is 0 Å². The zero-order chi connectivity index (χ0) is 21.4. The molecule has 0 radical (unpaired) electrons. The Labute approximate surface area is 185 Å². The smallest absolute Gasteiger partial charge is 0.239 e. The van der Waals surface area contributed by atoms with Crippen molar-refractivity contribution in [1.29, 1.82) is 0 Å². The van der Waals surface area contributed by atoms with E-state index in [1.54, 1.807) is 6.92 Å². The number of hydrogen-bond donors (Lipinski definition) is 2. The quantitative estimate of drug-likeness (QED) is 0.363. The van der Waals surface area contributed by atoms with E-state index in [0.717, 1.165) is 32.4 Å². The number of thioether (sulfide) groups is 1. The molecule has 1 unspecified atom stereocenters. The van der Waals surface area contributed by atoms with Gasteiger partial charge in [-0.05, 0) is 38.1 Å². The third kappa shape index (κ3) is 3.91. The number of para-hydroxylation sites is 1. The fourth-order valence-corrected chi connectivity index (χ4v) is 4.80. The summed E-state index contributed by atoms with van der Waals surface area (Å²) in [5.74, 6) is 0.618. The van der Waals surface area contributed by atoms with Crippen molar-refractivity contribution in [2.45, 2.75) is 24.3 Å². The predicted molar refractivity (Wildman–Crippen MR) is 124 cm³/mol. The lowest BCUT2D eigenvalue weighted by molar-refractivity contribution is -0.115. The second-order valence-electron chi connectivity index (χ2n) is 6.79. The summed E-state index contributed by atoms with van der Waals surface area (Å²) in [6, 6.07) is 13.5. The van der Waals surface area contributed by atoms with E-state index in [2.05, 4.69) is 30.5 Å². The number of benzene rings is 2. The average molecular weight is 451 g/mol. The number of ether oxygens (including phenoxy) is 1. The highest BCUT2D eigenvalue weighted by Crippen LogP contribution is 2.30.